The molecule has 0 aliphatic rings. The van der Waals surface area contributed by atoms with Crippen LogP contribution in [-0.2, 0) is 10.0 Å². The van der Waals surface area contributed by atoms with Crippen LogP contribution in [0, 0.1) is 19.8 Å². The van der Waals surface area contributed by atoms with Crippen LogP contribution in [0.15, 0.2) is 17.0 Å². The molecule has 4 nitrogen and oxygen atoms in total. The third-order valence-corrected chi connectivity index (χ3v) is 5.60. The van der Waals surface area contributed by atoms with E-state index in [9.17, 15) is 8.42 Å². The molecule has 1 N–H and O–H groups in total. The van der Waals surface area contributed by atoms with E-state index in [1.165, 1.54) is 4.31 Å². The van der Waals surface area contributed by atoms with Crippen LogP contribution in [0.25, 0.3) is 0 Å². The number of benzene rings is 1. The van der Waals surface area contributed by atoms with Crippen molar-refractivity contribution in [2.75, 3.05) is 26.0 Å². The number of hydrogen-bond donors (Lipinski definition) is 1. The average Bonchev–Trinajstić information content (AvgIpc) is 2.34. The Morgan fingerprint density at radius 2 is 1.70 bits per heavy atom. The Morgan fingerprint density at radius 1 is 1.20 bits per heavy atom. The van der Waals surface area contributed by atoms with E-state index < -0.39 is 10.0 Å². The van der Waals surface area contributed by atoms with E-state index in [4.69, 9.17) is 0 Å². The second-order valence-electron chi connectivity index (χ2n) is 5.70. The van der Waals surface area contributed by atoms with Crippen molar-refractivity contribution < 1.29 is 8.42 Å². The van der Waals surface area contributed by atoms with Crippen molar-refractivity contribution in [3.8, 4) is 0 Å². The second-order valence-corrected chi connectivity index (χ2v) is 7.68. The van der Waals surface area contributed by atoms with Crippen LogP contribution in [0.1, 0.15) is 31.4 Å². The van der Waals surface area contributed by atoms with E-state index in [1.807, 2.05) is 33.0 Å². The van der Waals surface area contributed by atoms with Gasteiger partial charge in [0, 0.05) is 26.3 Å². The molecule has 1 aromatic carbocycles. The van der Waals surface area contributed by atoms with Gasteiger partial charge in [-0.3, -0.25) is 0 Å². The number of rotatable bonds is 6. The van der Waals surface area contributed by atoms with Crippen LogP contribution in [-0.4, -0.2) is 33.4 Å². The number of hydrogen-bond acceptors (Lipinski definition) is 3. The molecule has 0 spiro atoms. The Hall–Kier alpha value is -1.07. The number of anilines is 1. The highest BCUT2D eigenvalue weighted by Gasteiger charge is 2.25. The van der Waals surface area contributed by atoms with Crippen LogP contribution < -0.4 is 5.32 Å². The van der Waals surface area contributed by atoms with Crippen molar-refractivity contribution in [1.82, 2.24) is 4.31 Å². The Morgan fingerprint density at radius 3 is 2.10 bits per heavy atom. The third-order valence-electron chi connectivity index (χ3n) is 3.44. The van der Waals surface area contributed by atoms with Crippen molar-refractivity contribution in [2.24, 2.45) is 5.92 Å². The van der Waals surface area contributed by atoms with Gasteiger partial charge in [0.2, 0.25) is 10.0 Å². The summed E-state index contributed by atoms with van der Waals surface area (Å²) in [6, 6.07) is 3.74. The van der Waals surface area contributed by atoms with E-state index in [2.05, 4.69) is 19.2 Å². The Balaban J connectivity index is 3.15. The van der Waals surface area contributed by atoms with Gasteiger partial charge in [-0.25, -0.2) is 12.7 Å². The molecule has 114 valence electrons. The predicted molar refractivity (Wildman–Crippen MR) is 84.7 cm³/mol. The molecule has 0 saturated heterocycles. The quantitative estimate of drug-likeness (QED) is 0.878. The molecule has 0 amide bonds. The lowest BCUT2D eigenvalue weighted by atomic mass is 10.1. The van der Waals surface area contributed by atoms with Gasteiger partial charge in [-0.15, -0.1) is 0 Å². The Bertz CT molecular complexity index is 542. The maximum atomic E-state index is 12.7. The Labute approximate surface area is 123 Å². The van der Waals surface area contributed by atoms with Gasteiger partial charge < -0.3 is 5.32 Å². The highest BCUT2D eigenvalue weighted by atomic mass is 32.2. The zero-order valence-corrected chi connectivity index (χ0v) is 14.1. The molecular weight excluding hydrogens is 272 g/mol. The second kappa shape index (κ2) is 6.59. The zero-order valence-electron chi connectivity index (χ0n) is 13.3. The molecule has 0 fully saturated rings. The molecule has 0 saturated carbocycles. The van der Waals surface area contributed by atoms with Crippen molar-refractivity contribution in [2.45, 2.75) is 39.0 Å². The summed E-state index contributed by atoms with van der Waals surface area (Å²) < 4.78 is 26.8. The highest BCUT2D eigenvalue weighted by Crippen LogP contribution is 2.26. The average molecular weight is 298 g/mol. The summed E-state index contributed by atoms with van der Waals surface area (Å²) >= 11 is 0. The molecule has 0 aliphatic carbocycles. The molecule has 0 aromatic heterocycles. The molecule has 1 rings (SSSR count). The van der Waals surface area contributed by atoms with Crippen molar-refractivity contribution in [1.29, 1.82) is 0 Å². The van der Waals surface area contributed by atoms with Crippen molar-refractivity contribution in [3.63, 3.8) is 0 Å². The first-order chi connectivity index (χ1) is 9.20. The van der Waals surface area contributed by atoms with Crippen LogP contribution in [0.2, 0.25) is 0 Å². The first kappa shape index (κ1) is 17.0. The Kier molecular flexibility index (Phi) is 5.59. The molecule has 5 heteroatoms. The van der Waals surface area contributed by atoms with E-state index in [0.717, 1.165) is 23.2 Å². The smallest absolute Gasteiger partial charge is 0.243 e. The number of sulfonamides is 1. The van der Waals surface area contributed by atoms with E-state index >= 15 is 0 Å². The lowest BCUT2D eigenvalue weighted by Crippen LogP contribution is -2.29. The number of aryl methyl sites for hydroxylation is 2. The zero-order chi connectivity index (χ0) is 15.5. The molecule has 0 heterocycles. The van der Waals surface area contributed by atoms with Gasteiger partial charge in [-0.2, -0.15) is 0 Å². The molecule has 0 atom stereocenters. The number of nitrogens with one attached hydrogen (secondary N) is 1. The van der Waals surface area contributed by atoms with Crippen LogP contribution in [0.3, 0.4) is 0 Å². The minimum Gasteiger partial charge on any atom is -0.388 e. The molecule has 0 unspecified atom stereocenters. The topological polar surface area (TPSA) is 49.4 Å². The fourth-order valence-electron chi connectivity index (χ4n) is 2.22. The normalized spacial score (nSPS) is 12.2. The molecule has 0 aliphatic heterocycles. The number of nitrogens with zero attached hydrogens (tertiary/aromatic N) is 1. The van der Waals surface area contributed by atoms with Gasteiger partial charge in [0.1, 0.15) is 0 Å². The summed E-state index contributed by atoms with van der Waals surface area (Å²) in [6.07, 6.45) is 0.864. The summed E-state index contributed by atoms with van der Waals surface area (Å²) in [7, 11) is 0.0704. The van der Waals surface area contributed by atoms with Crippen molar-refractivity contribution >= 4 is 15.7 Å². The minimum atomic E-state index is -3.42. The minimum absolute atomic E-state index is 0.433. The van der Waals surface area contributed by atoms with E-state index in [0.29, 0.717) is 17.4 Å². The van der Waals surface area contributed by atoms with Gasteiger partial charge in [-0.05, 0) is 49.4 Å². The maximum Gasteiger partial charge on any atom is 0.243 e. The summed E-state index contributed by atoms with van der Waals surface area (Å²) in [5.74, 6) is 0.488. The van der Waals surface area contributed by atoms with Gasteiger partial charge in [-0.1, -0.05) is 13.8 Å². The SMILES string of the molecule is CNc1cc(C)c(S(=O)(=O)N(C)CCC(C)C)c(C)c1. The standard InChI is InChI=1S/C15H26N2O2S/c1-11(2)7-8-17(6)20(18,19)15-12(3)9-14(16-5)10-13(15)4/h9-11,16H,7-8H2,1-6H3. The van der Waals surface area contributed by atoms with Crippen LogP contribution >= 0.6 is 0 Å². The fraction of sp³-hybridized carbons (Fsp3) is 0.600. The van der Waals surface area contributed by atoms with E-state index in [1.54, 1.807) is 7.05 Å². The first-order valence-corrected chi connectivity index (χ1v) is 8.39. The largest absolute Gasteiger partial charge is 0.388 e. The first-order valence-electron chi connectivity index (χ1n) is 6.95. The van der Waals surface area contributed by atoms with Crippen LogP contribution in [0.4, 0.5) is 5.69 Å². The summed E-state index contributed by atoms with van der Waals surface area (Å²) in [5, 5.41) is 3.05. The van der Waals surface area contributed by atoms with Gasteiger partial charge in [0.25, 0.3) is 0 Å². The van der Waals surface area contributed by atoms with Crippen molar-refractivity contribution in [3.05, 3.63) is 23.3 Å². The molecule has 20 heavy (non-hydrogen) atoms. The lowest BCUT2D eigenvalue weighted by Gasteiger charge is -2.21. The van der Waals surface area contributed by atoms with Gasteiger partial charge in [0.15, 0.2) is 0 Å². The summed E-state index contributed by atoms with van der Waals surface area (Å²) in [4.78, 5) is 0.433. The predicted octanol–water partition coefficient (Wildman–Crippen LogP) is 3.01. The lowest BCUT2D eigenvalue weighted by molar-refractivity contribution is 0.427. The molecule has 1 aromatic rings. The molecule has 0 bridgehead atoms. The monoisotopic (exact) mass is 298 g/mol. The maximum absolute atomic E-state index is 12.7. The summed E-state index contributed by atoms with van der Waals surface area (Å²) in [6.45, 7) is 8.43. The van der Waals surface area contributed by atoms with E-state index in [-0.39, 0.29) is 0 Å². The third kappa shape index (κ3) is 3.73. The fourth-order valence-corrected chi connectivity index (χ4v) is 3.81. The van der Waals surface area contributed by atoms with Gasteiger partial charge in [0.05, 0.1) is 4.90 Å². The van der Waals surface area contributed by atoms with Gasteiger partial charge >= 0.3 is 0 Å². The summed E-state index contributed by atoms with van der Waals surface area (Å²) in [5.41, 5.74) is 2.50. The molecular formula is C15H26N2O2S. The van der Waals surface area contributed by atoms with Crippen LogP contribution in [0.5, 0.6) is 0 Å². The molecule has 0 radical (unpaired) electrons. The highest BCUT2D eigenvalue weighted by molar-refractivity contribution is 7.89.